The van der Waals surface area contributed by atoms with Gasteiger partial charge in [-0.1, -0.05) is 38.1 Å². The molecule has 1 N–H and O–H groups in total. The molecule has 21 heavy (non-hydrogen) atoms. The Morgan fingerprint density at radius 2 is 1.95 bits per heavy atom. The van der Waals surface area contributed by atoms with Crippen molar-refractivity contribution in [3.05, 3.63) is 42.2 Å². The predicted molar refractivity (Wildman–Crippen MR) is 80.1 cm³/mol. The minimum atomic E-state index is -1.02. The van der Waals surface area contributed by atoms with E-state index < -0.39 is 5.97 Å². The lowest BCUT2D eigenvalue weighted by atomic mass is 10.1. The van der Waals surface area contributed by atoms with E-state index in [1.165, 1.54) is 4.90 Å². The zero-order chi connectivity index (χ0) is 15.4. The number of aromatic nitrogens is 1. The number of fused-ring (bicyclic) bond motifs is 1. The molecule has 1 aromatic heterocycles. The van der Waals surface area contributed by atoms with Crippen LogP contribution in [0.25, 0.3) is 10.8 Å². The molecule has 0 unspecified atom stereocenters. The van der Waals surface area contributed by atoms with E-state index >= 15 is 0 Å². The largest absolute Gasteiger partial charge is 0.480 e. The van der Waals surface area contributed by atoms with Gasteiger partial charge in [0.25, 0.3) is 5.91 Å². The summed E-state index contributed by atoms with van der Waals surface area (Å²) in [5.41, 5.74) is 0.301. The Bertz CT molecular complexity index is 662. The van der Waals surface area contributed by atoms with Gasteiger partial charge in [-0.05, 0) is 17.4 Å². The molecule has 0 aliphatic rings. The first-order chi connectivity index (χ1) is 9.99. The van der Waals surface area contributed by atoms with Crippen molar-refractivity contribution in [2.24, 2.45) is 5.92 Å². The fourth-order valence-electron chi connectivity index (χ4n) is 2.26. The Labute approximate surface area is 123 Å². The van der Waals surface area contributed by atoms with Gasteiger partial charge in [-0.15, -0.1) is 0 Å². The van der Waals surface area contributed by atoms with Gasteiger partial charge in [-0.2, -0.15) is 0 Å². The fraction of sp³-hybridized carbons (Fsp3) is 0.312. The number of nitrogens with zero attached hydrogens (tertiary/aromatic N) is 2. The van der Waals surface area contributed by atoms with Crippen LogP contribution in [-0.2, 0) is 4.79 Å². The van der Waals surface area contributed by atoms with Crippen LogP contribution < -0.4 is 0 Å². The molecule has 0 fully saturated rings. The molecule has 1 heterocycles. The monoisotopic (exact) mass is 286 g/mol. The molecule has 5 nitrogen and oxygen atoms in total. The molecular weight excluding hydrogens is 268 g/mol. The normalized spacial score (nSPS) is 10.8. The van der Waals surface area contributed by atoms with Crippen LogP contribution in [-0.4, -0.2) is 40.0 Å². The number of carboxylic acids is 1. The second-order valence-electron chi connectivity index (χ2n) is 5.35. The maximum Gasteiger partial charge on any atom is 0.323 e. The molecule has 0 saturated carbocycles. The first-order valence-corrected chi connectivity index (χ1v) is 6.84. The van der Waals surface area contributed by atoms with Crippen LogP contribution in [0, 0.1) is 5.92 Å². The molecule has 1 amide bonds. The average Bonchev–Trinajstić information content (AvgIpc) is 2.44. The number of carbonyl (C=O) groups excluding carboxylic acids is 1. The Morgan fingerprint density at radius 1 is 1.24 bits per heavy atom. The van der Waals surface area contributed by atoms with E-state index in [0.717, 1.165) is 10.8 Å². The van der Waals surface area contributed by atoms with E-state index in [0.29, 0.717) is 12.2 Å². The van der Waals surface area contributed by atoms with Gasteiger partial charge in [0.2, 0.25) is 0 Å². The smallest absolute Gasteiger partial charge is 0.323 e. The van der Waals surface area contributed by atoms with Crippen LogP contribution in [0.1, 0.15) is 24.3 Å². The minimum Gasteiger partial charge on any atom is -0.480 e. The number of amides is 1. The zero-order valence-electron chi connectivity index (χ0n) is 12.1. The lowest BCUT2D eigenvalue weighted by Crippen LogP contribution is -2.38. The third-order valence-corrected chi connectivity index (χ3v) is 3.08. The highest BCUT2D eigenvalue weighted by Crippen LogP contribution is 2.18. The van der Waals surface area contributed by atoms with Crippen molar-refractivity contribution in [3.8, 4) is 0 Å². The minimum absolute atomic E-state index is 0.184. The molecule has 0 radical (unpaired) electrons. The van der Waals surface area contributed by atoms with Gasteiger partial charge in [0, 0.05) is 18.1 Å². The van der Waals surface area contributed by atoms with Gasteiger partial charge in [-0.25, -0.2) is 0 Å². The molecule has 2 aromatic rings. The summed E-state index contributed by atoms with van der Waals surface area (Å²) in [7, 11) is 0. The van der Waals surface area contributed by atoms with Crippen molar-refractivity contribution < 1.29 is 14.7 Å². The average molecular weight is 286 g/mol. The topological polar surface area (TPSA) is 70.5 Å². The molecular formula is C16H18N2O3. The highest BCUT2D eigenvalue weighted by molar-refractivity contribution is 6.05. The van der Waals surface area contributed by atoms with Crippen molar-refractivity contribution in [1.29, 1.82) is 0 Å². The van der Waals surface area contributed by atoms with Crippen molar-refractivity contribution in [1.82, 2.24) is 9.88 Å². The van der Waals surface area contributed by atoms with E-state index in [1.807, 2.05) is 44.2 Å². The first kappa shape index (κ1) is 15.0. The molecule has 2 rings (SSSR count). The fourth-order valence-corrected chi connectivity index (χ4v) is 2.26. The molecule has 0 bridgehead atoms. The van der Waals surface area contributed by atoms with Gasteiger partial charge in [0.1, 0.15) is 12.2 Å². The number of carbonyl (C=O) groups is 2. The molecule has 0 saturated heterocycles. The van der Waals surface area contributed by atoms with E-state index in [-0.39, 0.29) is 18.4 Å². The van der Waals surface area contributed by atoms with Crippen molar-refractivity contribution in [3.63, 3.8) is 0 Å². The second kappa shape index (κ2) is 6.35. The van der Waals surface area contributed by atoms with Crippen LogP contribution in [0.5, 0.6) is 0 Å². The van der Waals surface area contributed by atoms with Gasteiger partial charge in [-0.3, -0.25) is 14.6 Å². The summed E-state index contributed by atoms with van der Waals surface area (Å²) in [6, 6.07) is 9.28. The lowest BCUT2D eigenvalue weighted by Gasteiger charge is -2.22. The van der Waals surface area contributed by atoms with Crippen molar-refractivity contribution in [2.45, 2.75) is 13.8 Å². The number of hydrogen-bond donors (Lipinski definition) is 1. The van der Waals surface area contributed by atoms with E-state index in [2.05, 4.69) is 4.98 Å². The maximum absolute atomic E-state index is 12.6. The first-order valence-electron chi connectivity index (χ1n) is 6.84. The highest BCUT2D eigenvalue weighted by Gasteiger charge is 2.22. The third-order valence-electron chi connectivity index (χ3n) is 3.08. The molecule has 0 spiro atoms. The van der Waals surface area contributed by atoms with Gasteiger partial charge in [0.05, 0.1) is 0 Å². The molecule has 110 valence electrons. The summed E-state index contributed by atoms with van der Waals surface area (Å²) >= 11 is 0. The van der Waals surface area contributed by atoms with E-state index in [4.69, 9.17) is 5.11 Å². The number of hydrogen-bond acceptors (Lipinski definition) is 3. The van der Waals surface area contributed by atoms with Crippen molar-refractivity contribution >= 4 is 22.6 Å². The predicted octanol–water partition coefficient (Wildman–Crippen LogP) is 2.42. The number of carboxylic acid groups (broad SMARTS) is 1. The van der Waals surface area contributed by atoms with E-state index in [1.54, 1.807) is 6.20 Å². The number of rotatable bonds is 5. The second-order valence-corrected chi connectivity index (χ2v) is 5.35. The number of benzene rings is 1. The summed E-state index contributed by atoms with van der Waals surface area (Å²) in [6.07, 6.45) is 1.57. The molecule has 0 aliphatic carbocycles. The molecule has 0 aliphatic heterocycles. The molecule has 5 heteroatoms. The quantitative estimate of drug-likeness (QED) is 0.916. The zero-order valence-corrected chi connectivity index (χ0v) is 12.1. The maximum atomic E-state index is 12.6. The van der Waals surface area contributed by atoms with Crippen LogP contribution in [0.15, 0.2) is 36.5 Å². The Balaban J connectivity index is 2.40. The molecule has 0 atom stereocenters. The third kappa shape index (κ3) is 3.56. The lowest BCUT2D eigenvalue weighted by molar-refractivity contribution is -0.137. The van der Waals surface area contributed by atoms with Crippen molar-refractivity contribution in [2.75, 3.05) is 13.1 Å². The summed E-state index contributed by atoms with van der Waals surface area (Å²) < 4.78 is 0. The molecule has 1 aromatic carbocycles. The van der Waals surface area contributed by atoms with Gasteiger partial charge in [0.15, 0.2) is 0 Å². The van der Waals surface area contributed by atoms with Gasteiger partial charge >= 0.3 is 5.97 Å². The number of pyridine rings is 1. The van der Waals surface area contributed by atoms with Crippen LogP contribution in [0.4, 0.5) is 0 Å². The summed E-state index contributed by atoms with van der Waals surface area (Å²) in [6.45, 7) is 3.95. The Morgan fingerprint density at radius 3 is 2.62 bits per heavy atom. The summed E-state index contributed by atoms with van der Waals surface area (Å²) in [4.78, 5) is 29.1. The highest BCUT2D eigenvalue weighted by atomic mass is 16.4. The van der Waals surface area contributed by atoms with E-state index in [9.17, 15) is 9.59 Å². The van der Waals surface area contributed by atoms with Crippen LogP contribution in [0.2, 0.25) is 0 Å². The number of aliphatic carboxylic acids is 1. The Hall–Kier alpha value is -2.43. The van der Waals surface area contributed by atoms with Crippen LogP contribution in [0.3, 0.4) is 0 Å². The SMILES string of the molecule is CC(C)CN(CC(=O)O)C(=O)c1nccc2ccccc12. The van der Waals surface area contributed by atoms with Gasteiger partial charge < -0.3 is 10.0 Å². The summed E-state index contributed by atoms with van der Waals surface area (Å²) in [5, 5.41) is 10.6. The summed E-state index contributed by atoms with van der Waals surface area (Å²) in [5.74, 6) is -1.18. The van der Waals surface area contributed by atoms with Crippen LogP contribution >= 0.6 is 0 Å². The standard InChI is InChI=1S/C16H18N2O3/c1-11(2)9-18(10-14(19)20)16(21)15-13-6-4-3-5-12(13)7-8-17-15/h3-8,11H,9-10H2,1-2H3,(H,19,20). The Kier molecular flexibility index (Phi) is 4.52.